The van der Waals surface area contributed by atoms with E-state index >= 15 is 0 Å². The lowest BCUT2D eigenvalue weighted by Crippen LogP contribution is -2.23. The summed E-state index contributed by atoms with van der Waals surface area (Å²) in [6.07, 6.45) is 3.80. The topological polar surface area (TPSA) is 12.0 Å². The molecular formula is C15H22ClN. The Morgan fingerprint density at radius 3 is 2.53 bits per heavy atom. The molecule has 1 aromatic rings. The number of nitrogens with one attached hydrogen (secondary N) is 1. The molecule has 17 heavy (non-hydrogen) atoms. The van der Waals surface area contributed by atoms with Gasteiger partial charge >= 0.3 is 0 Å². The summed E-state index contributed by atoms with van der Waals surface area (Å²) >= 11 is 5.93. The van der Waals surface area contributed by atoms with Crippen LogP contribution in [0.1, 0.15) is 44.7 Å². The summed E-state index contributed by atoms with van der Waals surface area (Å²) in [7, 11) is 0. The predicted molar refractivity (Wildman–Crippen MR) is 74.4 cm³/mol. The molecule has 1 aromatic carbocycles. The van der Waals surface area contributed by atoms with Crippen LogP contribution < -0.4 is 5.32 Å². The van der Waals surface area contributed by atoms with E-state index in [4.69, 9.17) is 11.6 Å². The summed E-state index contributed by atoms with van der Waals surface area (Å²) in [6.45, 7) is 5.74. The van der Waals surface area contributed by atoms with Gasteiger partial charge in [-0.3, -0.25) is 0 Å². The van der Waals surface area contributed by atoms with Crippen LogP contribution in [0.5, 0.6) is 0 Å². The highest BCUT2D eigenvalue weighted by molar-refractivity contribution is 6.30. The molecular weight excluding hydrogens is 230 g/mol. The van der Waals surface area contributed by atoms with Crippen molar-refractivity contribution in [1.82, 2.24) is 5.32 Å². The first-order valence-electron chi connectivity index (χ1n) is 6.69. The fourth-order valence-electron chi connectivity index (χ4n) is 2.35. The molecule has 2 heteroatoms. The van der Waals surface area contributed by atoms with Crippen LogP contribution in [-0.2, 0) is 0 Å². The van der Waals surface area contributed by atoms with Crippen LogP contribution in [0.4, 0.5) is 0 Å². The highest BCUT2D eigenvalue weighted by atomic mass is 35.5. The van der Waals surface area contributed by atoms with Crippen molar-refractivity contribution in [3.63, 3.8) is 0 Å². The second-order valence-corrected chi connectivity index (χ2v) is 5.71. The fourth-order valence-corrected chi connectivity index (χ4v) is 2.47. The maximum atomic E-state index is 5.93. The minimum Gasteiger partial charge on any atom is -0.310 e. The van der Waals surface area contributed by atoms with E-state index in [9.17, 15) is 0 Å². The van der Waals surface area contributed by atoms with E-state index in [1.807, 2.05) is 12.1 Å². The van der Waals surface area contributed by atoms with E-state index in [0.29, 0.717) is 6.04 Å². The highest BCUT2D eigenvalue weighted by Crippen LogP contribution is 2.37. The van der Waals surface area contributed by atoms with E-state index in [1.165, 1.54) is 24.8 Å². The Kier molecular flexibility index (Phi) is 4.47. The molecule has 3 atom stereocenters. The van der Waals surface area contributed by atoms with Crippen molar-refractivity contribution in [3.05, 3.63) is 34.9 Å². The molecule has 1 N–H and O–H groups in total. The van der Waals surface area contributed by atoms with Gasteiger partial charge in [-0.2, -0.15) is 0 Å². The van der Waals surface area contributed by atoms with Gasteiger partial charge in [-0.25, -0.2) is 0 Å². The zero-order chi connectivity index (χ0) is 12.3. The Bertz CT molecular complexity index is 346. The third-order valence-corrected chi connectivity index (χ3v) is 4.00. The van der Waals surface area contributed by atoms with Crippen LogP contribution in [0.15, 0.2) is 24.3 Å². The summed E-state index contributed by atoms with van der Waals surface area (Å²) in [4.78, 5) is 0. The average Bonchev–Trinajstić information content (AvgIpc) is 3.02. The summed E-state index contributed by atoms with van der Waals surface area (Å²) < 4.78 is 0. The van der Waals surface area contributed by atoms with Crippen LogP contribution in [0, 0.1) is 11.8 Å². The highest BCUT2D eigenvalue weighted by Gasteiger charge is 2.32. The molecule has 94 valence electrons. The molecule has 1 fully saturated rings. The monoisotopic (exact) mass is 251 g/mol. The average molecular weight is 252 g/mol. The number of hydrogen-bond acceptors (Lipinski definition) is 1. The molecule has 0 aliphatic heterocycles. The van der Waals surface area contributed by atoms with Gasteiger partial charge in [-0.15, -0.1) is 0 Å². The fraction of sp³-hybridized carbons (Fsp3) is 0.600. The lowest BCUT2D eigenvalue weighted by molar-refractivity contribution is 0.473. The molecule has 0 heterocycles. The Morgan fingerprint density at radius 2 is 2.00 bits per heavy atom. The first kappa shape index (κ1) is 12.9. The smallest absolute Gasteiger partial charge is 0.0406 e. The zero-order valence-electron chi connectivity index (χ0n) is 10.7. The first-order valence-corrected chi connectivity index (χ1v) is 7.07. The third kappa shape index (κ3) is 3.72. The maximum absolute atomic E-state index is 5.93. The Hall–Kier alpha value is -0.530. The molecule has 0 spiro atoms. The summed E-state index contributed by atoms with van der Waals surface area (Å²) in [5, 5.41) is 4.52. The summed E-state index contributed by atoms with van der Waals surface area (Å²) in [6, 6.07) is 8.75. The van der Waals surface area contributed by atoms with Gasteiger partial charge < -0.3 is 5.32 Å². The number of halogens is 1. The van der Waals surface area contributed by atoms with Crippen molar-refractivity contribution in [2.75, 3.05) is 6.54 Å². The SMILES string of the molecule is CCCC(NCC1CC1C)c1ccc(Cl)cc1. The van der Waals surface area contributed by atoms with Gasteiger partial charge in [-0.1, -0.05) is 44.0 Å². The quantitative estimate of drug-likeness (QED) is 0.789. The van der Waals surface area contributed by atoms with E-state index in [1.54, 1.807) is 0 Å². The van der Waals surface area contributed by atoms with Crippen molar-refractivity contribution >= 4 is 11.6 Å². The molecule has 0 bridgehead atoms. The minimum atomic E-state index is 0.491. The Morgan fingerprint density at radius 1 is 1.35 bits per heavy atom. The van der Waals surface area contributed by atoms with Crippen molar-refractivity contribution in [3.8, 4) is 0 Å². The molecule has 1 aliphatic carbocycles. The van der Waals surface area contributed by atoms with Crippen molar-refractivity contribution in [1.29, 1.82) is 0 Å². The largest absolute Gasteiger partial charge is 0.310 e. The van der Waals surface area contributed by atoms with Gasteiger partial charge in [0.25, 0.3) is 0 Å². The lowest BCUT2D eigenvalue weighted by atomic mass is 10.0. The molecule has 2 rings (SSSR count). The molecule has 0 radical (unpaired) electrons. The second-order valence-electron chi connectivity index (χ2n) is 5.27. The standard InChI is InChI=1S/C15H22ClN/c1-3-4-15(17-10-13-9-11(13)2)12-5-7-14(16)8-6-12/h5-8,11,13,15,17H,3-4,9-10H2,1-2H3. The summed E-state index contributed by atoms with van der Waals surface area (Å²) in [5.41, 5.74) is 1.37. The maximum Gasteiger partial charge on any atom is 0.0406 e. The number of rotatable bonds is 6. The van der Waals surface area contributed by atoms with Gasteiger partial charge in [0.2, 0.25) is 0 Å². The molecule has 3 unspecified atom stereocenters. The van der Waals surface area contributed by atoms with Gasteiger partial charge in [0.1, 0.15) is 0 Å². The second kappa shape index (κ2) is 5.88. The zero-order valence-corrected chi connectivity index (χ0v) is 11.5. The minimum absolute atomic E-state index is 0.491. The molecule has 0 amide bonds. The van der Waals surface area contributed by atoms with Crippen LogP contribution in [0.2, 0.25) is 5.02 Å². The molecule has 0 aromatic heterocycles. The molecule has 1 nitrogen and oxygen atoms in total. The van der Waals surface area contributed by atoms with Crippen LogP contribution in [-0.4, -0.2) is 6.54 Å². The van der Waals surface area contributed by atoms with Gasteiger partial charge in [0.15, 0.2) is 0 Å². The van der Waals surface area contributed by atoms with Gasteiger partial charge in [0.05, 0.1) is 0 Å². The van der Waals surface area contributed by atoms with E-state index < -0.39 is 0 Å². The van der Waals surface area contributed by atoms with E-state index in [0.717, 1.165) is 23.4 Å². The van der Waals surface area contributed by atoms with Gasteiger partial charge in [0, 0.05) is 11.1 Å². The number of benzene rings is 1. The predicted octanol–water partition coefficient (Wildman–Crippen LogP) is 4.43. The lowest BCUT2D eigenvalue weighted by Gasteiger charge is -2.18. The van der Waals surface area contributed by atoms with Crippen molar-refractivity contribution in [2.45, 2.75) is 39.2 Å². The van der Waals surface area contributed by atoms with Crippen LogP contribution >= 0.6 is 11.6 Å². The van der Waals surface area contributed by atoms with Crippen molar-refractivity contribution in [2.24, 2.45) is 11.8 Å². The number of hydrogen-bond donors (Lipinski definition) is 1. The Balaban J connectivity index is 1.93. The van der Waals surface area contributed by atoms with Gasteiger partial charge in [-0.05, 0) is 48.9 Å². The van der Waals surface area contributed by atoms with Crippen molar-refractivity contribution < 1.29 is 0 Å². The first-order chi connectivity index (χ1) is 8.20. The van der Waals surface area contributed by atoms with E-state index in [-0.39, 0.29) is 0 Å². The molecule has 1 saturated carbocycles. The van der Waals surface area contributed by atoms with E-state index in [2.05, 4.69) is 31.3 Å². The molecule has 1 aliphatic rings. The molecule has 0 saturated heterocycles. The third-order valence-electron chi connectivity index (χ3n) is 3.75. The normalized spacial score (nSPS) is 24.6. The summed E-state index contributed by atoms with van der Waals surface area (Å²) in [5.74, 6) is 1.83. The Labute approximate surface area is 110 Å². The van der Waals surface area contributed by atoms with Crippen LogP contribution in [0.3, 0.4) is 0 Å². The van der Waals surface area contributed by atoms with Crippen LogP contribution in [0.25, 0.3) is 0 Å².